The minimum Gasteiger partial charge on any atom is -0.265 e. The van der Waals surface area contributed by atoms with Gasteiger partial charge in [-0.25, -0.2) is 0 Å². The Labute approximate surface area is 136 Å². The average Bonchev–Trinajstić information content (AvgIpc) is 2.62. The van der Waals surface area contributed by atoms with E-state index < -0.39 is 9.85 Å². The van der Waals surface area contributed by atoms with E-state index in [0.29, 0.717) is 5.69 Å². The zero-order valence-corrected chi connectivity index (χ0v) is 12.3. The second-order valence-electron chi connectivity index (χ2n) is 4.88. The van der Waals surface area contributed by atoms with Gasteiger partial charge in [-0.05, 0) is 18.2 Å². The largest absolute Gasteiger partial charge is 0.347 e. The molecule has 8 heteroatoms. The number of pyridine rings is 2. The molecule has 0 spiro atoms. The zero-order chi connectivity index (χ0) is 17.1. The summed E-state index contributed by atoms with van der Waals surface area (Å²) in [7, 11) is 0. The van der Waals surface area contributed by atoms with Crippen molar-refractivity contribution in [1.82, 2.24) is 4.98 Å². The topological polar surface area (TPSA) is 103 Å². The summed E-state index contributed by atoms with van der Waals surface area (Å²) in [5.74, 6) is 0. The lowest BCUT2D eigenvalue weighted by Crippen LogP contribution is -2.33. The highest BCUT2D eigenvalue weighted by atomic mass is 16.6. The van der Waals surface area contributed by atoms with Crippen LogP contribution in [0.25, 0.3) is 16.9 Å². The normalized spacial score (nSPS) is 10.3. The molecule has 0 N–H and O–H groups in total. The molecule has 3 rings (SSSR count). The van der Waals surface area contributed by atoms with Crippen molar-refractivity contribution in [2.75, 3.05) is 0 Å². The maximum absolute atomic E-state index is 11.4. The van der Waals surface area contributed by atoms with Crippen LogP contribution in [0.4, 0.5) is 11.4 Å². The maximum Gasteiger partial charge on any atom is 0.347 e. The first kappa shape index (κ1) is 15.2. The van der Waals surface area contributed by atoms with Gasteiger partial charge in [0.25, 0.3) is 11.4 Å². The fourth-order valence-electron chi connectivity index (χ4n) is 2.39. The van der Waals surface area contributed by atoms with Crippen LogP contribution < -0.4 is 4.57 Å². The summed E-state index contributed by atoms with van der Waals surface area (Å²) >= 11 is 0. The van der Waals surface area contributed by atoms with E-state index >= 15 is 0 Å². The number of non-ortho nitro benzene ring substituents is 1. The molecule has 0 saturated carbocycles. The summed E-state index contributed by atoms with van der Waals surface area (Å²) in [6.07, 6.45) is 4.91. The lowest BCUT2D eigenvalue weighted by molar-refractivity contribution is -0.589. The lowest BCUT2D eigenvalue weighted by atomic mass is 10.1. The van der Waals surface area contributed by atoms with Gasteiger partial charge in [-0.15, -0.1) is 0 Å². The van der Waals surface area contributed by atoms with E-state index in [0.717, 1.165) is 11.6 Å². The summed E-state index contributed by atoms with van der Waals surface area (Å²) in [5, 5.41) is 22.3. The maximum atomic E-state index is 11.4. The SMILES string of the molecule is O=[N+]([O-])c1ccc(-[n+]2ccccc2-c2ccncc2)c([N+](=O)[O-])c1. The number of nitro groups is 2. The van der Waals surface area contributed by atoms with Crippen LogP contribution in [0.1, 0.15) is 0 Å². The fourth-order valence-corrected chi connectivity index (χ4v) is 2.39. The Morgan fingerprint density at radius 2 is 1.67 bits per heavy atom. The molecule has 0 saturated heterocycles. The van der Waals surface area contributed by atoms with Crippen LogP contribution in [0.5, 0.6) is 0 Å². The van der Waals surface area contributed by atoms with Gasteiger partial charge in [0.1, 0.15) is 6.07 Å². The lowest BCUT2D eigenvalue weighted by Gasteiger charge is -2.04. The molecule has 0 atom stereocenters. The van der Waals surface area contributed by atoms with Crippen LogP contribution in [-0.4, -0.2) is 14.8 Å². The number of hydrogen-bond donors (Lipinski definition) is 0. The summed E-state index contributed by atoms with van der Waals surface area (Å²) in [4.78, 5) is 24.9. The fraction of sp³-hybridized carbons (Fsp3) is 0. The van der Waals surface area contributed by atoms with Crippen LogP contribution >= 0.6 is 0 Å². The number of nitro benzene ring substituents is 2. The van der Waals surface area contributed by atoms with Crippen LogP contribution in [0.2, 0.25) is 0 Å². The molecule has 0 radical (unpaired) electrons. The van der Waals surface area contributed by atoms with E-state index in [1.807, 2.05) is 6.07 Å². The minimum atomic E-state index is -0.657. The molecular formula is C16H11N4O4+. The molecule has 0 aliphatic carbocycles. The Hall–Kier alpha value is -3.68. The van der Waals surface area contributed by atoms with Crippen molar-refractivity contribution in [3.63, 3.8) is 0 Å². The monoisotopic (exact) mass is 323 g/mol. The first-order valence-corrected chi connectivity index (χ1v) is 6.92. The van der Waals surface area contributed by atoms with Crippen LogP contribution in [-0.2, 0) is 0 Å². The van der Waals surface area contributed by atoms with Crippen molar-refractivity contribution in [2.45, 2.75) is 0 Å². The van der Waals surface area contributed by atoms with E-state index in [4.69, 9.17) is 0 Å². The second-order valence-corrected chi connectivity index (χ2v) is 4.88. The molecule has 1 aromatic carbocycles. The number of rotatable bonds is 4. The average molecular weight is 323 g/mol. The molecule has 24 heavy (non-hydrogen) atoms. The van der Waals surface area contributed by atoms with Crippen molar-refractivity contribution >= 4 is 11.4 Å². The van der Waals surface area contributed by atoms with E-state index in [1.54, 1.807) is 47.4 Å². The van der Waals surface area contributed by atoms with Crippen molar-refractivity contribution < 1.29 is 14.4 Å². The summed E-state index contributed by atoms with van der Waals surface area (Å²) < 4.78 is 1.62. The Kier molecular flexibility index (Phi) is 3.94. The first-order valence-electron chi connectivity index (χ1n) is 6.92. The zero-order valence-electron chi connectivity index (χ0n) is 12.3. The number of benzene rings is 1. The third-order valence-electron chi connectivity index (χ3n) is 3.46. The summed E-state index contributed by atoms with van der Waals surface area (Å²) in [6.45, 7) is 0. The molecule has 0 aliphatic heterocycles. The molecule has 0 aliphatic rings. The smallest absolute Gasteiger partial charge is 0.265 e. The van der Waals surface area contributed by atoms with Gasteiger partial charge in [-0.3, -0.25) is 25.2 Å². The van der Waals surface area contributed by atoms with Gasteiger partial charge in [-0.1, -0.05) is 0 Å². The highest BCUT2D eigenvalue weighted by Crippen LogP contribution is 2.26. The molecule has 0 bridgehead atoms. The van der Waals surface area contributed by atoms with Crippen molar-refractivity contribution in [1.29, 1.82) is 0 Å². The molecule has 8 nitrogen and oxygen atoms in total. The highest BCUT2D eigenvalue weighted by Gasteiger charge is 2.28. The third kappa shape index (κ3) is 2.80. The van der Waals surface area contributed by atoms with Crippen LogP contribution in [0.3, 0.4) is 0 Å². The summed E-state index contributed by atoms with van der Waals surface area (Å²) in [5.41, 5.74) is 1.11. The van der Waals surface area contributed by atoms with Gasteiger partial charge >= 0.3 is 5.69 Å². The predicted octanol–water partition coefficient (Wildman–Crippen LogP) is 2.84. The number of nitrogens with zero attached hydrogens (tertiary/aromatic N) is 4. The molecule has 118 valence electrons. The Morgan fingerprint density at radius 3 is 2.33 bits per heavy atom. The quantitative estimate of drug-likeness (QED) is 0.417. The van der Waals surface area contributed by atoms with E-state index in [2.05, 4.69) is 4.98 Å². The molecule has 0 fully saturated rings. The predicted molar refractivity (Wildman–Crippen MR) is 84.5 cm³/mol. The van der Waals surface area contributed by atoms with Gasteiger partial charge in [-0.2, -0.15) is 4.57 Å². The molecule has 2 heterocycles. The second kappa shape index (κ2) is 6.21. The van der Waals surface area contributed by atoms with Crippen molar-refractivity contribution in [2.24, 2.45) is 0 Å². The third-order valence-corrected chi connectivity index (χ3v) is 3.46. The van der Waals surface area contributed by atoms with Crippen molar-refractivity contribution in [3.8, 4) is 16.9 Å². The minimum absolute atomic E-state index is 0.248. The van der Waals surface area contributed by atoms with Gasteiger partial charge in [0.05, 0.1) is 9.85 Å². The van der Waals surface area contributed by atoms with E-state index in [-0.39, 0.29) is 17.1 Å². The Balaban J connectivity index is 2.24. The van der Waals surface area contributed by atoms with Gasteiger partial charge in [0.15, 0.2) is 6.20 Å². The van der Waals surface area contributed by atoms with Crippen molar-refractivity contribution in [3.05, 3.63) is 87.4 Å². The molecule has 0 unspecified atom stereocenters. The van der Waals surface area contributed by atoms with E-state index in [1.165, 1.54) is 12.1 Å². The molecule has 0 amide bonds. The summed E-state index contributed by atoms with van der Waals surface area (Å²) in [6, 6.07) is 12.5. The van der Waals surface area contributed by atoms with Gasteiger partial charge in [0, 0.05) is 42.2 Å². The number of hydrogen-bond acceptors (Lipinski definition) is 5. The van der Waals surface area contributed by atoms with Crippen LogP contribution in [0, 0.1) is 20.2 Å². The Morgan fingerprint density at radius 1 is 0.917 bits per heavy atom. The standard InChI is InChI=1S/C16H11N4O4/c21-19(22)13-4-5-15(16(11-13)20(23)24)18-10-2-1-3-14(18)12-6-8-17-9-7-12/h1-11H/q+1. The molecule has 3 aromatic rings. The van der Waals surface area contributed by atoms with Gasteiger partial charge < -0.3 is 0 Å². The van der Waals surface area contributed by atoms with E-state index in [9.17, 15) is 20.2 Å². The Bertz CT molecular complexity index is 928. The molecular weight excluding hydrogens is 312 g/mol. The number of aromatic nitrogens is 2. The first-order chi connectivity index (χ1) is 11.6. The van der Waals surface area contributed by atoms with Gasteiger partial charge in [0.2, 0.25) is 5.69 Å². The van der Waals surface area contributed by atoms with Crippen LogP contribution in [0.15, 0.2) is 67.1 Å². The molecule has 2 aromatic heterocycles. The highest BCUT2D eigenvalue weighted by molar-refractivity contribution is 5.58.